The van der Waals surface area contributed by atoms with Gasteiger partial charge in [-0.2, -0.15) is 0 Å². The van der Waals surface area contributed by atoms with Gasteiger partial charge in [-0.25, -0.2) is 0 Å². The van der Waals surface area contributed by atoms with Crippen LogP contribution in [0.15, 0.2) is 18.2 Å². The van der Waals surface area contributed by atoms with Crippen molar-refractivity contribution < 1.29 is 14.3 Å². The number of rotatable bonds is 2. The van der Waals surface area contributed by atoms with Crippen molar-refractivity contribution in [1.82, 2.24) is 0 Å². The second kappa shape index (κ2) is 4.08. The average Bonchev–Trinajstić information content (AvgIpc) is 2.26. The minimum absolute atomic E-state index is 0.360. The van der Waals surface area contributed by atoms with Crippen LogP contribution >= 0.6 is 0 Å². The second-order valence-corrected chi connectivity index (χ2v) is 4.35. The Kier molecular flexibility index (Phi) is 2.77. The van der Waals surface area contributed by atoms with E-state index in [0.29, 0.717) is 24.4 Å². The van der Waals surface area contributed by atoms with Crippen molar-refractivity contribution in [3.8, 4) is 5.75 Å². The van der Waals surface area contributed by atoms with Gasteiger partial charge in [0.1, 0.15) is 18.0 Å². The zero-order valence-electron chi connectivity index (χ0n) is 9.40. The number of benzene rings is 1. The molecule has 0 fully saturated rings. The summed E-state index contributed by atoms with van der Waals surface area (Å²) in [6.07, 6.45) is 1.13. The van der Waals surface area contributed by atoms with Crippen LogP contribution in [0.2, 0.25) is 0 Å². The molecule has 0 bridgehead atoms. The van der Waals surface area contributed by atoms with Crippen molar-refractivity contribution in [2.45, 2.75) is 26.2 Å². The number of hydrogen-bond acceptors (Lipinski definition) is 3. The van der Waals surface area contributed by atoms with Crippen LogP contribution in [0.1, 0.15) is 30.9 Å². The van der Waals surface area contributed by atoms with Crippen LogP contribution in [0.5, 0.6) is 5.75 Å². The van der Waals surface area contributed by atoms with Crippen LogP contribution < -0.4 is 4.74 Å². The first-order valence-electron chi connectivity index (χ1n) is 5.42. The molecule has 0 spiro atoms. The lowest BCUT2D eigenvalue weighted by atomic mass is 9.89. The number of ether oxygens (including phenoxy) is 1. The predicted octanol–water partition coefficient (Wildman–Crippen LogP) is 2.09. The summed E-state index contributed by atoms with van der Waals surface area (Å²) in [6, 6.07) is 5.67. The molecule has 1 aliphatic rings. The molecule has 0 aromatic heterocycles. The van der Waals surface area contributed by atoms with E-state index in [2.05, 4.69) is 13.8 Å². The molecule has 16 heavy (non-hydrogen) atoms. The molecule has 84 valence electrons. The van der Waals surface area contributed by atoms with Crippen LogP contribution in [-0.2, 0) is 16.0 Å². The zero-order valence-corrected chi connectivity index (χ0v) is 9.40. The van der Waals surface area contributed by atoms with Crippen LogP contribution in [-0.4, -0.2) is 12.3 Å². The first-order valence-corrected chi connectivity index (χ1v) is 5.42. The Morgan fingerprint density at radius 2 is 2.19 bits per heavy atom. The SMILES string of the molecule is CC(C)c1cccc2c1CC(C=O)C(=O)O2. The molecule has 3 nitrogen and oxygen atoms in total. The second-order valence-electron chi connectivity index (χ2n) is 4.35. The summed E-state index contributed by atoms with van der Waals surface area (Å²) in [7, 11) is 0. The van der Waals surface area contributed by atoms with E-state index in [1.54, 1.807) is 6.07 Å². The molecule has 2 rings (SSSR count). The van der Waals surface area contributed by atoms with E-state index in [0.717, 1.165) is 11.1 Å². The standard InChI is InChI=1S/C13H14O3/c1-8(2)10-4-3-5-12-11(10)6-9(7-14)13(15)16-12/h3-5,7-9H,6H2,1-2H3. The predicted molar refractivity (Wildman–Crippen MR) is 59.4 cm³/mol. The summed E-state index contributed by atoms with van der Waals surface area (Å²) in [6.45, 7) is 4.17. The molecule has 1 aromatic rings. The van der Waals surface area contributed by atoms with Crippen molar-refractivity contribution in [2.75, 3.05) is 0 Å². The molecule has 1 heterocycles. The van der Waals surface area contributed by atoms with E-state index in [1.807, 2.05) is 12.1 Å². The Morgan fingerprint density at radius 1 is 1.44 bits per heavy atom. The lowest BCUT2D eigenvalue weighted by molar-refractivity contribution is -0.142. The summed E-state index contributed by atoms with van der Waals surface area (Å²) in [4.78, 5) is 22.2. The highest BCUT2D eigenvalue weighted by atomic mass is 16.5. The Bertz CT molecular complexity index is 435. The molecule has 1 aliphatic heterocycles. The van der Waals surface area contributed by atoms with Crippen molar-refractivity contribution in [3.63, 3.8) is 0 Å². The molecular formula is C13H14O3. The van der Waals surface area contributed by atoms with Gasteiger partial charge < -0.3 is 9.53 Å². The first-order chi connectivity index (χ1) is 7.63. The molecule has 1 atom stereocenters. The third-order valence-electron chi connectivity index (χ3n) is 2.89. The molecule has 3 heteroatoms. The summed E-state index contributed by atoms with van der Waals surface area (Å²) in [5, 5.41) is 0. The molecule has 0 N–H and O–H groups in total. The smallest absolute Gasteiger partial charge is 0.321 e. The van der Waals surface area contributed by atoms with Crippen LogP contribution in [0.4, 0.5) is 0 Å². The van der Waals surface area contributed by atoms with E-state index >= 15 is 0 Å². The quantitative estimate of drug-likeness (QED) is 0.330. The fraction of sp³-hybridized carbons (Fsp3) is 0.385. The topological polar surface area (TPSA) is 43.4 Å². The van der Waals surface area contributed by atoms with E-state index in [-0.39, 0.29) is 0 Å². The van der Waals surface area contributed by atoms with Gasteiger partial charge in [0.25, 0.3) is 0 Å². The van der Waals surface area contributed by atoms with Crippen LogP contribution in [0.25, 0.3) is 0 Å². The number of hydrogen-bond donors (Lipinski definition) is 0. The Hall–Kier alpha value is -1.64. The Balaban J connectivity index is 2.47. The van der Waals surface area contributed by atoms with E-state index in [4.69, 9.17) is 4.74 Å². The van der Waals surface area contributed by atoms with Crippen molar-refractivity contribution in [2.24, 2.45) is 5.92 Å². The molecule has 0 aliphatic carbocycles. The van der Waals surface area contributed by atoms with E-state index < -0.39 is 11.9 Å². The summed E-state index contributed by atoms with van der Waals surface area (Å²) in [5.74, 6) is -0.121. The van der Waals surface area contributed by atoms with E-state index in [1.165, 1.54) is 0 Å². The van der Waals surface area contributed by atoms with Crippen molar-refractivity contribution >= 4 is 12.3 Å². The third kappa shape index (κ3) is 1.73. The lowest BCUT2D eigenvalue weighted by Crippen LogP contribution is -2.29. The van der Waals surface area contributed by atoms with Gasteiger partial charge in [-0.3, -0.25) is 4.79 Å². The number of carbonyl (C=O) groups excluding carboxylic acids is 2. The average molecular weight is 218 g/mol. The molecular weight excluding hydrogens is 204 g/mol. The Labute approximate surface area is 94.4 Å². The number of fused-ring (bicyclic) bond motifs is 1. The van der Waals surface area contributed by atoms with Crippen LogP contribution in [0.3, 0.4) is 0 Å². The molecule has 1 unspecified atom stereocenters. The summed E-state index contributed by atoms with van der Waals surface area (Å²) >= 11 is 0. The largest absolute Gasteiger partial charge is 0.426 e. The highest BCUT2D eigenvalue weighted by Crippen LogP contribution is 2.33. The number of carbonyl (C=O) groups is 2. The fourth-order valence-electron chi connectivity index (χ4n) is 2.03. The number of esters is 1. The highest BCUT2D eigenvalue weighted by Gasteiger charge is 2.29. The highest BCUT2D eigenvalue weighted by molar-refractivity contribution is 5.91. The van der Waals surface area contributed by atoms with Gasteiger partial charge in [0, 0.05) is 0 Å². The lowest BCUT2D eigenvalue weighted by Gasteiger charge is -2.23. The zero-order chi connectivity index (χ0) is 11.7. The maximum atomic E-state index is 11.4. The number of aldehydes is 1. The van der Waals surface area contributed by atoms with Gasteiger partial charge in [0.05, 0.1) is 0 Å². The normalized spacial score (nSPS) is 19.2. The van der Waals surface area contributed by atoms with Gasteiger partial charge in [-0.1, -0.05) is 26.0 Å². The van der Waals surface area contributed by atoms with Gasteiger partial charge >= 0.3 is 5.97 Å². The Morgan fingerprint density at radius 3 is 2.81 bits per heavy atom. The third-order valence-corrected chi connectivity index (χ3v) is 2.89. The fourth-order valence-corrected chi connectivity index (χ4v) is 2.03. The van der Waals surface area contributed by atoms with Crippen LogP contribution in [0, 0.1) is 5.92 Å². The minimum Gasteiger partial charge on any atom is -0.426 e. The van der Waals surface area contributed by atoms with E-state index in [9.17, 15) is 9.59 Å². The summed E-state index contributed by atoms with van der Waals surface area (Å²) in [5.41, 5.74) is 2.14. The van der Waals surface area contributed by atoms with Gasteiger partial charge in [0.15, 0.2) is 0 Å². The maximum Gasteiger partial charge on any atom is 0.321 e. The van der Waals surface area contributed by atoms with Gasteiger partial charge in [-0.15, -0.1) is 0 Å². The molecule has 1 aromatic carbocycles. The summed E-state index contributed by atoms with van der Waals surface area (Å²) < 4.78 is 5.16. The molecule has 0 saturated heterocycles. The van der Waals surface area contributed by atoms with Gasteiger partial charge in [-0.05, 0) is 29.5 Å². The first kappa shape index (κ1) is 10.9. The van der Waals surface area contributed by atoms with Crippen molar-refractivity contribution in [3.05, 3.63) is 29.3 Å². The molecule has 0 saturated carbocycles. The molecule has 0 radical (unpaired) electrons. The maximum absolute atomic E-state index is 11.4. The molecule has 0 amide bonds. The monoisotopic (exact) mass is 218 g/mol. The van der Waals surface area contributed by atoms with Crippen molar-refractivity contribution in [1.29, 1.82) is 0 Å². The van der Waals surface area contributed by atoms with Gasteiger partial charge in [0.2, 0.25) is 0 Å². The minimum atomic E-state index is -0.646.